The van der Waals surface area contributed by atoms with Gasteiger partial charge in [-0.2, -0.15) is 0 Å². The van der Waals surface area contributed by atoms with Crippen molar-refractivity contribution in [2.45, 2.75) is 26.1 Å². The van der Waals surface area contributed by atoms with E-state index in [-0.39, 0.29) is 17.0 Å². The van der Waals surface area contributed by atoms with Crippen LogP contribution in [0.2, 0.25) is 0 Å². The van der Waals surface area contributed by atoms with Gasteiger partial charge in [-0.15, -0.1) is 0 Å². The van der Waals surface area contributed by atoms with E-state index < -0.39 is 23.0 Å². The van der Waals surface area contributed by atoms with E-state index >= 15 is 0 Å². The van der Waals surface area contributed by atoms with E-state index in [9.17, 15) is 20.0 Å². The molecule has 1 aromatic rings. The average molecular weight is 333 g/mol. The molecule has 2 atom stereocenters. The van der Waals surface area contributed by atoms with E-state index in [1.54, 1.807) is 0 Å². The zero-order valence-corrected chi connectivity index (χ0v) is 11.9. The number of amides is 1. The van der Waals surface area contributed by atoms with Gasteiger partial charge in [-0.3, -0.25) is 14.9 Å². The molecule has 3 N–H and O–H groups in total. The van der Waals surface area contributed by atoms with Crippen LogP contribution in [0, 0.1) is 10.1 Å². The fourth-order valence-corrected chi connectivity index (χ4v) is 1.87. The lowest BCUT2D eigenvalue weighted by atomic mass is 10.1. The van der Waals surface area contributed by atoms with Crippen molar-refractivity contribution in [3.8, 4) is 5.75 Å². The van der Waals surface area contributed by atoms with Crippen LogP contribution in [0.1, 0.15) is 25.5 Å². The smallest absolute Gasteiger partial charge is 0.312 e. The number of ether oxygens (including phenoxy) is 1. The highest BCUT2D eigenvalue weighted by atomic mass is 79.9. The number of halogens is 1. The molecule has 0 aromatic heterocycles. The summed E-state index contributed by atoms with van der Waals surface area (Å²) in [4.78, 5) is 21.3. The first kappa shape index (κ1) is 15.4. The van der Waals surface area contributed by atoms with Crippen LogP contribution in [-0.4, -0.2) is 22.0 Å². The molecule has 1 aromatic carbocycles. The fourth-order valence-electron chi connectivity index (χ4n) is 1.41. The number of carbonyl (C=O) groups excluding carboxylic acids is 1. The highest BCUT2D eigenvalue weighted by molar-refractivity contribution is 9.10. The van der Waals surface area contributed by atoms with Crippen LogP contribution in [-0.2, 0) is 4.79 Å². The van der Waals surface area contributed by atoms with Crippen LogP contribution in [0.3, 0.4) is 0 Å². The first-order valence-electron chi connectivity index (χ1n) is 5.36. The van der Waals surface area contributed by atoms with Crippen molar-refractivity contribution in [1.82, 2.24) is 0 Å². The molecular formula is C11H13BrN2O5. The van der Waals surface area contributed by atoms with Gasteiger partial charge in [0.25, 0.3) is 5.91 Å². The summed E-state index contributed by atoms with van der Waals surface area (Å²) >= 11 is 3.12. The summed E-state index contributed by atoms with van der Waals surface area (Å²) in [7, 11) is 0. The molecule has 0 saturated heterocycles. The monoisotopic (exact) mass is 332 g/mol. The predicted molar refractivity (Wildman–Crippen MR) is 70.7 cm³/mol. The number of rotatable bonds is 5. The third kappa shape index (κ3) is 3.65. The Kier molecular flexibility index (Phi) is 4.84. The van der Waals surface area contributed by atoms with Gasteiger partial charge < -0.3 is 15.6 Å². The summed E-state index contributed by atoms with van der Waals surface area (Å²) < 4.78 is 5.64. The molecule has 0 aliphatic carbocycles. The zero-order valence-electron chi connectivity index (χ0n) is 10.3. The summed E-state index contributed by atoms with van der Waals surface area (Å²) in [6.07, 6.45) is -2.04. The number of carbonyl (C=O) groups is 1. The van der Waals surface area contributed by atoms with Gasteiger partial charge >= 0.3 is 5.69 Å². The molecule has 1 amide bonds. The molecule has 7 nitrogen and oxygen atoms in total. The third-order valence-corrected chi connectivity index (χ3v) is 2.86. The van der Waals surface area contributed by atoms with E-state index in [2.05, 4.69) is 15.9 Å². The Balaban J connectivity index is 3.39. The van der Waals surface area contributed by atoms with Crippen LogP contribution < -0.4 is 10.5 Å². The second-order valence-corrected chi connectivity index (χ2v) is 4.85. The van der Waals surface area contributed by atoms with Crippen LogP contribution in [0.25, 0.3) is 0 Å². The van der Waals surface area contributed by atoms with Gasteiger partial charge in [0.05, 0.1) is 11.0 Å². The summed E-state index contributed by atoms with van der Waals surface area (Å²) in [5, 5.41) is 20.7. The Morgan fingerprint density at radius 3 is 2.53 bits per heavy atom. The number of aliphatic hydroxyl groups excluding tert-OH is 1. The minimum atomic E-state index is -1.04. The Morgan fingerprint density at radius 2 is 2.11 bits per heavy atom. The third-order valence-electron chi connectivity index (χ3n) is 2.40. The zero-order chi connectivity index (χ0) is 14.7. The molecule has 0 radical (unpaired) electrons. The Labute approximate surface area is 117 Å². The molecule has 0 aliphatic heterocycles. The van der Waals surface area contributed by atoms with Gasteiger partial charge in [0, 0.05) is 16.1 Å². The summed E-state index contributed by atoms with van der Waals surface area (Å²) in [5.74, 6) is -0.914. The van der Waals surface area contributed by atoms with Crippen molar-refractivity contribution in [3.63, 3.8) is 0 Å². The number of nitrogens with zero attached hydrogens (tertiary/aromatic N) is 1. The molecule has 1 unspecified atom stereocenters. The first-order chi connectivity index (χ1) is 8.73. The Morgan fingerprint density at radius 1 is 1.53 bits per heavy atom. The van der Waals surface area contributed by atoms with Gasteiger partial charge in [0.1, 0.15) is 0 Å². The maximum Gasteiger partial charge on any atom is 0.312 e. The number of nitrogens with two attached hydrogens (primary N) is 1. The molecule has 19 heavy (non-hydrogen) atoms. The van der Waals surface area contributed by atoms with E-state index in [1.807, 2.05) is 0 Å². The average Bonchev–Trinajstić information content (AvgIpc) is 2.29. The number of aliphatic hydroxyl groups is 1. The SMILES string of the molecule is CC(Oc1c([C@H](C)O)cc(Br)cc1[N+](=O)[O-])C(N)=O. The number of hydrogen-bond donors (Lipinski definition) is 2. The van der Waals surface area contributed by atoms with Crippen molar-refractivity contribution < 1.29 is 19.6 Å². The van der Waals surface area contributed by atoms with Crippen LogP contribution in [0.5, 0.6) is 5.75 Å². The number of primary amides is 1. The van der Waals surface area contributed by atoms with Crippen LogP contribution >= 0.6 is 15.9 Å². The van der Waals surface area contributed by atoms with E-state index in [1.165, 1.54) is 26.0 Å². The lowest BCUT2D eigenvalue weighted by Gasteiger charge is -2.17. The number of benzene rings is 1. The molecule has 8 heteroatoms. The first-order valence-corrected chi connectivity index (χ1v) is 6.15. The number of hydrogen-bond acceptors (Lipinski definition) is 5. The maximum atomic E-state index is 11.0. The largest absolute Gasteiger partial charge is 0.473 e. The highest BCUT2D eigenvalue weighted by Gasteiger charge is 2.26. The van der Waals surface area contributed by atoms with E-state index in [4.69, 9.17) is 10.5 Å². The molecule has 0 spiro atoms. The standard InChI is InChI=1S/C11H13BrN2O5/c1-5(15)8-3-7(12)4-9(14(17)18)10(8)19-6(2)11(13)16/h3-6,15H,1-2H3,(H2,13,16)/t5-,6?/m0/s1. The molecule has 104 valence electrons. The number of nitro groups is 1. The second-order valence-electron chi connectivity index (χ2n) is 3.94. The predicted octanol–water partition coefficient (Wildman–Crippen LogP) is 1.66. The Bertz CT molecular complexity index is 518. The topological polar surface area (TPSA) is 116 Å². The van der Waals surface area contributed by atoms with Gasteiger partial charge in [-0.25, -0.2) is 0 Å². The van der Waals surface area contributed by atoms with Crippen molar-refractivity contribution in [2.24, 2.45) is 5.73 Å². The molecule has 0 aliphatic rings. The van der Waals surface area contributed by atoms with Crippen LogP contribution in [0.4, 0.5) is 5.69 Å². The van der Waals surface area contributed by atoms with Crippen LogP contribution in [0.15, 0.2) is 16.6 Å². The fraction of sp³-hybridized carbons (Fsp3) is 0.364. The minimum Gasteiger partial charge on any atom is -0.473 e. The molecule has 0 bridgehead atoms. The highest BCUT2D eigenvalue weighted by Crippen LogP contribution is 2.38. The van der Waals surface area contributed by atoms with Gasteiger partial charge in [-0.05, 0) is 19.9 Å². The lowest BCUT2D eigenvalue weighted by Crippen LogP contribution is -2.31. The molecule has 0 heterocycles. The van der Waals surface area contributed by atoms with Crippen molar-refractivity contribution in [2.75, 3.05) is 0 Å². The van der Waals surface area contributed by atoms with Crippen molar-refractivity contribution >= 4 is 27.5 Å². The summed E-state index contributed by atoms with van der Waals surface area (Å²) in [5.41, 5.74) is 4.91. The van der Waals surface area contributed by atoms with Gasteiger partial charge in [0.2, 0.25) is 5.75 Å². The minimum absolute atomic E-state index is 0.158. The molecular weight excluding hydrogens is 320 g/mol. The maximum absolute atomic E-state index is 11.0. The van der Waals surface area contributed by atoms with Crippen molar-refractivity contribution in [1.29, 1.82) is 0 Å². The van der Waals surface area contributed by atoms with E-state index in [0.29, 0.717) is 4.47 Å². The lowest BCUT2D eigenvalue weighted by molar-refractivity contribution is -0.386. The van der Waals surface area contributed by atoms with E-state index in [0.717, 1.165) is 0 Å². The summed E-state index contributed by atoms with van der Waals surface area (Å²) in [6.45, 7) is 2.81. The van der Waals surface area contributed by atoms with Gasteiger partial charge in [-0.1, -0.05) is 15.9 Å². The quantitative estimate of drug-likeness (QED) is 0.628. The van der Waals surface area contributed by atoms with Crippen molar-refractivity contribution in [3.05, 3.63) is 32.3 Å². The Hall–Kier alpha value is -1.67. The van der Waals surface area contributed by atoms with Gasteiger partial charge in [0.15, 0.2) is 6.10 Å². The summed E-state index contributed by atoms with van der Waals surface area (Å²) in [6, 6.07) is 2.72. The molecule has 0 fully saturated rings. The molecule has 1 rings (SSSR count). The normalized spacial score (nSPS) is 13.7. The number of nitro benzene ring substituents is 1. The second kappa shape index (κ2) is 5.98. The molecule has 0 saturated carbocycles.